The van der Waals surface area contributed by atoms with Crippen molar-refractivity contribution in [3.8, 4) is 11.5 Å². The molecule has 1 aliphatic carbocycles. The van der Waals surface area contributed by atoms with E-state index in [-0.39, 0.29) is 17.8 Å². The second-order valence-electron chi connectivity index (χ2n) is 10.7. The van der Waals surface area contributed by atoms with Gasteiger partial charge in [0.15, 0.2) is 0 Å². The molecule has 220 valence electrons. The second kappa shape index (κ2) is 13.1. The molecule has 7 nitrogen and oxygen atoms in total. The molecule has 4 aromatic rings. The number of nitrogens with zero attached hydrogens (tertiary/aromatic N) is 2. The zero-order valence-electron chi connectivity index (χ0n) is 24.1. The van der Waals surface area contributed by atoms with Gasteiger partial charge in [-0.25, -0.2) is 9.18 Å². The molecule has 0 saturated carbocycles. The van der Waals surface area contributed by atoms with E-state index >= 15 is 0 Å². The van der Waals surface area contributed by atoms with Gasteiger partial charge in [0.25, 0.3) is 0 Å². The summed E-state index contributed by atoms with van der Waals surface area (Å²) in [6, 6.07) is 20.9. The smallest absolute Gasteiger partial charge is 0.326 e. The molecule has 0 spiro atoms. The van der Waals surface area contributed by atoms with Gasteiger partial charge in [0, 0.05) is 29.1 Å². The molecular formula is C34H37FN2O5. The number of ether oxygens (including phenoxy) is 2. The lowest BCUT2D eigenvalue weighted by Gasteiger charge is -2.35. The summed E-state index contributed by atoms with van der Waals surface area (Å²) < 4.78 is 27.8. The third-order valence-electron chi connectivity index (χ3n) is 8.23. The van der Waals surface area contributed by atoms with Crippen LogP contribution in [-0.4, -0.2) is 52.8 Å². The number of rotatable bonds is 12. The maximum absolute atomic E-state index is 14.5. The van der Waals surface area contributed by atoms with Gasteiger partial charge in [0.1, 0.15) is 30.0 Å². The third kappa shape index (κ3) is 6.12. The normalized spacial score (nSPS) is 15.2. The standard InChI is InChI=1S/C34H37FN2O5/c1-3-29(34(39)40)37-30-16-14-24(35)21-27(30)28-22-25(15-17-31(28)37)36(19-20-42-26-10-5-4-6-11-26)33(38)18-13-23-9-7-8-12-32(23)41-2/h4-12,14,16,21,25,29H,3,13,15,17-20,22H2,1-2H3,(H,39,40)/t25-,29?/m0/s1. The molecule has 5 rings (SSSR count). The van der Waals surface area contributed by atoms with Crippen LogP contribution in [0.5, 0.6) is 11.5 Å². The van der Waals surface area contributed by atoms with Gasteiger partial charge in [0.05, 0.1) is 13.7 Å². The number of carboxylic acids is 1. The molecule has 1 amide bonds. The van der Waals surface area contributed by atoms with Crippen LogP contribution in [0.15, 0.2) is 72.8 Å². The Balaban J connectivity index is 1.43. The molecule has 1 heterocycles. The summed E-state index contributed by atoms with van der Waals surface area (Å²) in [5.74, 6) is 0.231. The Bertz CT molecular complexity index is 1550. The largest absolute Gasteiger partial charge is 0.496 e. The van der Waals surface area contributed by atoms with Crippen LogP contribution in [0.2, 0.25) is 0 Å². The highest BCUT2D eigenvalue weighted by molar-refractivity contribution is 5.88. The number of methoxy groups -OCH3 is 1. The van der Waals surface area contributed by atoms with Crippen molar-refractivity contribution >= 4 is 22.8 Å². The maximum Gasteiger partial charge on any atom is 0.326 e. The highest BCUT2D eigenvalue weighted by Gasteiger charge is 2.34. The number of halogens is 1. The molecule has 8 heteroatoms. The minimum absolute atomic E-state index is 0.0120. The van der Waals surface area contributed by atoms with Gasteiger partial charge < -0.3 is 24.0 Å². The van der Waals surface area contributed by atoms with Crippen molar-refractivity contribution in [2.24, 2.45) is 0 Å². The zero-order chi connectivity index (χ0) is 29.6. The van der Waals surface area contributed by atoms with Crippen LogP contribution in [0.4, 0.5) is 4.39 Å². The molecule has 2 atom stereocenters. The van der Waals surface area contributed by atoms with E-state index in [1.54, 1.807) is 13.2 Å². The van der Waals surface area contributed by atoms with Gasteiger partial charge in [-0.05, 0) is 79.6 Å². The van der Waals surface area contributed by atoms with E-state index in [4.69, 9.17) is 9.47 Å². The number of para-hydroxylation sites is 2. The first-order chi connectivity index (χ1) is 20.4. The number of amides is 1. The molecule has 1 aromatic heterocycles. The maximum atomic E-state index is 14.5. The van der Waals surface area contributed by atoms with Crippen molar-refractivity contribution in [2.45, 2.75) is 57.5 Å². The molecule has 0 bridgehead atoms. The zero-order valence-corrected chi connectivity index (χ0v) is 24.1. The lowest BCUT2D eigenvalue weighted by molar-refractivity contribution is -0.141. The van der Waals surface area contributed by atoms with Crippen LogP contribution in [-0.2, 0) is 28.9 Å². The fourth-order valence-corrected chi connectivity index (χ4v) is 6.22. The summed E-state index contributed by atoms with van der Waals surface area (Å²) >= 11 is 0. The summed E-state index contributed by atoms with van der Waals surface area (Å²) in [7, 11) is 1.63. The number of aliphatic carboxylic acids is 1. The summed E-state index contributed by atoms with van der Waals surface area (Å²) in [4.78, 5) is 27.9. The first-order valence-electron chi connectivity index (χ1n) is 14.5. The second-order valence-corrected chi connectivity index (χ2v) is 10.7. The SMILES string of the molecule is CCC(C(=O)O)n1c2c(c3cc(F)ccc31)C[C@@H](N(CCOc1ccccc1)C(=O)CCc1ccccc1OC)CC2. The van der Waals surface area contributed by atoms with Crippen molar-refractivity contribution in [1.82, 2.24) is 9.47 Å². The van der Waals surface area contributed by atoms with Crippen LogP contribution in [0.25, 0.3) is 10.9 Å². The van der Waals surface area contributed by atoms with Gasteiger partial charge in [-0.15, -0.1) is 0 Å². The number of hydrogen-bond donors (Lipinski definition) is 1. The van der Waals surface area contributed by atoms with Gasteiger partial charge >= 0.3 is 5.97 Å². The van der Waals surface area contributed by atoms with Crippen molar-refractivity contribution < 1.29 is 28.6 Å². The van der Waals surface area contributed by atoms with Gasteiger partial charge in [0.2, 0.25) is 5.91 Å². The van der Waals surface area contributed by atoms with E-state index in [9.17, 15) is 19.1 Å². The lowest BCUT2D eigenvalue weighted by Crippen LogP contribution is -2.45. The first-order valence-corrected chi connectivity index (χ1v) is 14.5. The minimum atomic E-state index is -0.908. The van der Waals surface area contributed by atoms with Crippen LogP contribution in [0, 0.1) is 5.82 Å². The van der Waals surface area contributed by atoms with Crippen molar-refractivity contribution in [2.75, 3.05) is 20.3 Å². The Labute approximate surface area is 245 Å². The molecule has 3 aromatic carbocycles. The number of aromatic nitrogens is 1. The quantitative estimate of drug-likeness (QED) is 0.218. The minimum Gasteiger partial charge on any atom is -0.496 e. The fourth-order valence-electron chi connectivity index (χ4n) is 6.22. The van der Waals surface area contributed by atoms with E-state index in [0.717, 1.165) is 39.2 Å². The van der Waals surface area contributed by atoms with Crippen LogP contribution >= 0.6 is 0 Å². The predicted octanol–water partition coefficient (Wildman–Crippen LogP) is 6.22. The molecule has 42 heavy (non-hydrogen) atoms. The van der Waals surface area contributed by atoms with E-state index in [1.807, 2.05) is 71.0 Å². The van der Waals surface area contributed by atoms with Crippen LogP contribution < -0.4 is 9.47 Å². The van der Waals surface area contributed by atoms with Crippen molar-refractivity contribution in [3.63, 3.8) is 0 Å². The predicted molar refractivity (Wildman–Crippen MR) is 160 cm³/mol. The summed E-state index contributed by atoms with van der Waals surface area (Å²) in [6.07, 6.45) is 3.05. The lowest BCUT2D eigenvalue weighted by atomic mass is 9.89. The van der Waals surface area contributed by atoms with Crippen molar-refractivity contribution in [1.29, 1.82) is 0 Å². The average Bonchev–Trinajstić information content (AvgIpc) is 3.31. The Kier molecular flexibility index (Phi) is 9.10. The monoisotopic (exact) mass is 572 g/mol. The fraction of sp³-hybridized carbons (Fsp3) is 0.353. The topological polar surface area (TPSA) is 81.0 Å². The number of carboxylic acid groups (broad SMARTS) is 1. The first kappa shape index (κ1) is 29.2. The number of carbonyl (C=O) groups is 2. The number of hydrogen-bond acceptors (Lipinski definition) is 4. The number of benzene rings is 3. The third-order valence-corrected chi connectivity index (χ3v) is 8.23. The highest BCUT2D eigenvalue weighted by atomic mass is 19.1. The van der Waals surface area contributed by atoms with Crippen LogP contribution in [0.3, 0.4) is 0 Å². The van der Waals surface area contributed by atoms with Gasteiger partial charge in [-0.3, -0.25) is 4.79 Å². The van der Waals surface area contributed by atoms with E-state index in [2.05, 4.69) is 0 Å². The molecule has 1 unspecified atom stereocenters. The van der Waals surface area contributed by atoms with Gasteiger partial charge in [-0.1, -0.05) is 43.3 Å². The average molecular weight is 573 g/mol. The van der Waals surface area contributed by atoms with E-state index in [1.165, 1.54) is 12.1 Å². The molecule has 1 aliphatic rings. The molecule has 0 aliphatic heterocycles. The van der Waals surface area contributed by atoms with Gasteiger partial charge in [-0.2, -0.15) is 0 Å². The van der Waals surface area contributed by atoms with E-state index in [0.29, 0.717) is 51.7 Å². The Morgan fingerprint density at radius 1 is 1.10 bits per heavy atom. The number of aryl methyl sites for hydroxylation is 1. The molecule has 0 fully saturated rings. The molecular weight excluding hydrogens is 535 g/mol. The molecule has 0 radical (unpaired) electrons. The number of fused-ring (bicyclic) bond motifs is 3. The summed E-state index contributed by atoms with van der Waals surface area (Å²) in [6.45, 7) is 2.58. The van der Waals surface area contributed by atoms with Crippen molar-refractivity contribution in [3.05, 3.63) is 95.4 Å². The number of carbonyl (C=O) groups excluding carboxylic acids is 1. The highest BCUT2D eigenvalue weighted by Crippen LogP contribution is 2.37. The molecule has 1 N–H and O–H groups in total. The Morgan fingerprint density at radius 2 is 1.86 bits per heavy atom. The Morgan fingerprint density at radius 3 is 2.60 bits per heavy atom. The summed E-state index contributed by atoms with van der Waals surface area (Å²) in [5, 5.41) is 10.7. The Hall–Kier alpha value is -4.33. The molecule has 0 saturated heterocycles. The van der Waals surface area contributed by atoms with E-state index < -0.39 is 12.0 Å². The van der Waals surface area contributed by atoms with Crippen LogP contribution in [0.1, 0.15) is 49.0 Å². The summed E-state index contributed by atoms with van der Waals surface area (Å²) in [5.41, 5.74) is 3.53.